The number of carbonyl (C=O) groups excluding carboxylic acids is 1. The maximum absolute atomic E-state index is 12.4. The van der Waals surface area contributed by atoms with Crippen molar-refractivity contribution >= 4 is 62.4 Å². The number of nitrogens with one attached hydrogen (secondary N) is 1. The van der Waals surface area contributed by atoms with E-state index in [0.717, 1.165) is 34.4 Å². The number of rotatable bonds is 6. The molecule has 0 saturated heterocycles. The minimum atomic E-state index is -0.340. The third-order valence-electron chi connectivity index (χ3n) is 4.20. The Balaban J connectivity index is 1.69. The van der Waals surface area contributed by atoms with Crippen LogP contribution in [-0.2, 0) is 0 Å². The molecule has 2 aromatic carbocycles. The topological polar surface area (TPSA) is 44.7 Å². The Labute approximate surface area is 172 Å². The lowest BCUT2D eigenvalue weighted by atomic mass is 10.2. The molecule has 7 heteroatoms. The van der Waals surface area contributed by atoms with Gasteiger partial charge >= 0.3 is 0 Å². The molecule has 3 rings (SSSR count). The number of halogens is 2. The van der Waals surface area contributed by atoms with Crippen LogP contribution in [0.5, 0.6) is 0 Å². The summed E-state index contributed by atoms with van der Waals surface area (Å²) in [5, 5.41) is 5.89. The molecule has 0 bridgehead atoms. The molecule has 0 radical (unpaired) electrons. The average Bonchev–Trinajstić information content (AvgIpc) is 3.00. The third-order valence-corrected chi connectivity index (χ3v) is 6.09. The molecule has 1 aromatic heterocycles. The highest BCUT2D eigenvalue weighted by atomic mass is 35.5. The minimum Gasteiger partial charge on any atom is -0.372 e. The maximum Gasteiger partial charge on any atom is 0.283 e. The van der Waals surface area contributed by atoms with E-state index in [2.05, 4.69) is 29.3 Å². The summed E-state index contributed by atoms with van der Waals surface area (Å²) >= 11 is 13.6. The lowest BCUT2D eigenvalue weighted by Crippen LogP contribution is -2.21. The number of benzene rings is 2. The molecule has 0 atom stereocenters. The molecule has 1 heterocycles. The quantitative estimate of drug-likeness (QED) is 0.404. The van der Waals surface area contributed by atoms with Gasteiger partial charge in [0.2, 0.25) is 0 Å². The zero-order valence-corrected chi connectivity index (χ0v) is 17.3. The van der Waals surface area contributed by atoms with E-state index < -0.39 is 0 Å². The summed E-state index contributed by atoms with van der Waals surface area (Å²) in [7, 11) is 0. The summed E-state index contributed by atoms with van der Waals surface area (Å²) in [5.41, 5.74) is 4.60. The summed E-state index contributed by atoms with van der Waals surface area (Å²) in [6, 6.07) is 13.4. The lowest BCUT2D eigenvalue weighted by Gasteiger charge is -2.20. The zero-order valence-electron chi connectivity index (χ0n) is 15.0. The van der Waals surface area contributed by atoms with Gasteiger partial charge in [0, 0.05) is 33.9 Å². The Morgan fingerprint density at radius 1 is 1.15 bits per heavy atom. The van der Waals surface area contributed by atoms with Crippen LogP contribution in [0.4, 0.5) is 5.69 Å². The number of hydrogen-bond acceptors (Lipinski definition) is 4. The van der Waals surface area contributed by atoms with E-state index in [4.69, 9.17) is 23.2 Å². The molecule has 0 aliphatic rings. The van der Waals surface area contributed by atoms with Crippen molar-refractivity contribution < 1.29 is 4.79 Å². The second-order valence-corrected chi connectivity index (χ2v) is 7.72. The number of hydrazone groups is 1. The standard InChI is InChI=1S/C20H19Cl2N3OS/c1-3-25(4-2)15-8-5-13(6-9-15)12-23-24-20(26)19-18(22)16-10-7-14(21)11-17(16)27-19/h5-12H,3-4H2,1-2H3,(H,24,26)/b23-12+. The minimum absolute atomic E-state index is 0.340. The van der Waals surface area contributed by atoms with Crippen LogP contribution < -0.4 is 10.3 Å². The molecular formula is C20H19Cl2N3OS. The van der Waals surface area contributed by atoms with Gasteiger partial charge in [0.05, 0.1) is 11.2 Å². The molecule has 140 valence electrons. The van der Waals surface area contributed by atoms with E-state index in [-0.39, 0.29) is 5.91 Å². The van der Waals surface area contributed by atoms with Gasteiger partial charge in [-0.1, -0.05) is 41.4 Å². The van der Waals surface area contributed by atoms with Gasteiger partial charge in [-0.3, -0.25) is 4.79 Å². The predicted octanol–water partition coefficient (Wildman–Crippen LogP) is 5.82. The van der Waals surface area contributed by atoms with E-state index in [1.165, 1.54) is 11.3 Å². The molecule has 0 unspecified atom stereocenters. The molecule has 0 aliphatic carbocycles. The Kier molecular flexibility index (Phi) is 6.37. The molecular weight excluding hydrogens is 401 g/mol. The SMILES string of the molecule is CCN(CC)c1ccc(/C=N/NC(=O)c2sc3cc(Cl)ccc3c2Cl)cc1. The summed E-state index contributed by atoms with van der Waals surface area (Å²) < 4.78 is 0.869. The normalized spacial score (nSPS) is 11.3. The summed E-state index contributed by atoms with van der Waals surface area (Å²) in [4.78, 5) is 15.1. The summed E-state index contributed by atoms with van der Waals surface area (Å²) in [6.07, 6.45) is 1.61. The van der Waals surface area contributed by atoms with Gasteiger partial charge in [-0.2, -0.15) is 5.10 Å². The van der Waals surface area contributed by atoms with Crippen molar-refractivity contribution in [2.24, 2.45) is 5.10 Å². The fourth-order valence-electron chi connectivity index (χ4n) is 2.76. The molecule has 0 saturated carbocycles. The van der Waals surface area contributed by atoms with Crippen LogP contribution in [0.1, 0.15) is 29.1 Å². The van der Waals surface area contributed by atoms with Crippen molar-refractivity contribution in [1.29, 1.82) is 0 Å². The number of hydrogen-bond donors (Lipinski definition) is 1. The molecule has 1 amide bonds. The first kappa shape index (κ1) is 19.7. The first-order valence-electron chi connectivity index (χ1n) is 8.59. The Morgan fingerprint density at radius 3 is 2.52 bits per heavy atom. The molecule has 1 N–H and O–H groups in total. The summed E-state index contributed by atoms with van der Waals surface area (Å²) in [5.74, 6) is -0.340. The number of thiophene rings is 1. The number of carbonyl (C=O) groups is 1. The van der Waals surface area contributed by atoms with Crippen molar-refractivity contribution in [2.45, 2.75) is 13.8 Å². The van der Waals surface area contributed by atoms with E-state index in [1.807, 2.05) is 30.3 Å². The summed E-state index contributed by atoms with van der Waals surface area (Å²) in [6.45, 7) is 6.17. The molecule has 0 aliphatic heterocycles. The van der Waals surface area contributed by atoms with Crippen LogP contribution in [0.15, 0.2) is 47.6 Å². The van der Waals surface area contributed by atoms with Gasteiger partial charge < -0.3 is 4.90 Å². The van der Waals surface area contributed by atoms with Crippen LogP contribution >= 0.6 is 34.5 Å². The van der Waals surface area contributed by atoms with Gasteiger partial charge in [0.15, 0.2) is 0 Å². The molecule has 3 aromatic rings. The fraction of sp³-hybridized carbons (Fsp3) is 0.200. The highest BCUT2D eigenvalue weighted by molar-refractivity contribution is 7.21. The van der Waals surface area contributed by atoms with Crippen molar-refractivity contribution in [3.63, 3.8) is 0 Å². The highest BCUT2D eigenvalue weighted by Crippen LogP contribution is 2.36. The average molecular weight is 420 g/mol. The maximum atomic E-state index is 12.4. The van der Waals surface area contributed by atoms with Gasteiger partial charge in [-0.25, -0.2) is 5.43 Å². The Morgan fingerprint density at radius 2 is 1.85 bits per heavy atom. The number of amides is 1. The van der Waals surface area contributed by atoms with E-state index in [9.17, 15) is 4.79 Å². The zero-order chi connectivity index (χ0) is 19.4. The monoisotopic (exact) mass is 419 g/mol. The van der Waals surface area contributed by atoms with E-state index >= 15 is 0 Å². The Bertz CT molecular complexity index is 979. The first-order valence-corrected chi connectivity index (χ1v) is 10.2. The van der Waals surface area contributed by atoms with Crippen LogP contribution in [0.25, 0.3) is 10.1 Å². The third kappa shape index (κ3) is 4.43. The molecule has 27 heavy (non-hydrogen) atoms. The van der Waals surface area contributed by atoms with Crippen molar-refractivity contribution in [3.05, 3.63) is 63.0 Å². The fourth-order valence-corrected chi connectivity index (χ4v) is 4.44. The molecule has 0 fully saturated rings. The number of nitrogens with zero attached hydrogens (tertiary/aromatic N) is 2. The van der Waals surface area contributed by atoms with Crippen molar-refractivity contribution in [2.75, 3.05) is 18.0 Å². The first-order chi connectivity index (χ1) is 13.0. The van der Waals surface area contributed by atoms with Gasteiger partial charge in [0.25, 0.3) is 5.91 Å². The highest BCUT2D eigenvalue weighted by Gasteiger charge is 2.16. The van der Waals surface area contributed by atoms with Gasteiger partial charge in [-0.05, 0) is 43.7 Å². The predicted molar refractivity (Wildman–Crippen MR) is 117 cm³/mol. The second-order valence-electron chi connectivity index (χ2n) is 5.85. The Hall–Kier alpha value is -2.08. The van der Waals surface area contributed by atoms with Crippen LogP contribution in [0.3, 0.4) is 0 Å². The van der Waals surface area contributed by atoms with Gasteiger partial charge in [-0.15, -0.1) is 11.3 Å². The van der Waals surface area contributed by atoms with Crippen molar-refractivity contribution in [3.8, 4) is 0 Å². The number of anilines is 1. The largest absolute Gasteiger partial charge is 0.372 e. The number of fused-ring (bicyclic) bond motifs is 1. The van der Waals surface area contributed by atoms with Crippen LogP contribution in [0, 0.1) is 0 Å². The molecule has 0 spiro atoms. The molecule has 4 nitrogen and oxygen atoms in total. The van der Waals surface area contributed by atoms with Crippen LogP contribution in [0.2, 0.25) is 10.0 Å². The smallest absolute Gasteiger partial charge is 0.283 e. The van der Waals surface area contributed by atoms with Gasteiger partial charge in [0.1, 0.15) is 4.88 Å². The van der Waals surface area contributed by atoms with Crippen molar-refractivity contribution in [1.82, 2.24) is 5.43 Å². The van der Waals surface area contributed by atoms with Crippen LogP contribution in [-0.4, -0.2) is 25.2 Å². The lowest BCUT2D eigenvalue weighted by molar-refractivity contribution is 0.0959. The second kappa shape index (κ2) is 8.74. The van der Waals surface area contributed by atoms with E-state index in [0.29, 0.717) is 14.9 Å². The van der Waals surface area contributed by atoms with E-state index in [1.54, 1.807) is 18.3 Å².